The minimum atomic E-state index is -5.00. The third-order valence-corrected chi connectivity index (χ3v) is 3.08. The largest absolute Gasteiger partial charge is 1.00 e. The normalized spacial score (nSPS) is 10.1. The smallest absolute Gasteiger partial charge is 0.861 e. The molecule has 0 aliphatic carbocycles. The van der Waals surface area contributed by atoms with Crippen molar-refractivity contribution in [3.05, 3.63) is 0 Å². The molecule has 8 heteroatoms. The Morgan fingerprint density at radius 3 is 1.42 bits per heavy atom. The van der Waals surface area contributed by atoms with E-state index in [-0.39, 0.29) is 95.3 Å². The van der Waals surface area contributed by atoms with E-state index in [0.29, 0.717) is 6.42 Å². The standard InChI is InChI=1S/C11H23O4Si.3Na/c1-2-3-4-5-6-7-8-9-10-11-15-16(12,13)14;;;/h2-11H2,1H3;;;/q-3;3*+1. The maximum absolute atomic E-state index is 10.1. The molecule has 0 saturated heterocycles. The maximum atomic E-state index is 10.1. The molecule has 0 saturated carbocycles. The fraction of sp³-hybridized carbons (Fsp3) is 1.00. The summed E-state index contributed by atoms with van der Waals surface area (Å²) in [6.45, 7) is 2.25. The third-order valence-electron chi connectivity index (χ3n) is 2.53. The first-order valence-corrected chi connectivity index (χ1v) is 7.95. The van der Waals surface area contributed by atoms with Crippen molar-refractivity contribution in [1.29, 1.82) is 0 Å². The fourth-order valence-electron chi connectivity index (χ4n) is 1.61. The molecule has 0 aromatic carbocycles. The molecule has 0 bridgehead atoms. The van der Waals surface area contributed by atoms with Crippen LogP contribution >= 0.6 is 0 Å². The summed E-state index contributed by atoms with van der Waals surface area (Å²) in [5, 5.41) is 0. The van der Waals surface area contributed by atoms with Gasteiger partial charge in [0.2, 0.25) is 0 Å². The van der Waals surface area contributed by atoms with E-state index < -0.39 is 9.05 Å². The molecule has 0 rings (SSSR count). The van der Waals surface area contributed by atoms with Crippen LogP contribution in [0.5, 0.6) is 0 Å². The zero-order chi connectivity index (χ0) is 12.3. The van der Waals surface area contributed by atoms with Crippen molar-refractivity contribution in [2.24, 2.45) is 0 Å². The van der Waals surface area contributed by atoms with Gasteiger partial charge in [-0.15, -0.1) is 9.05 Å². The van der Waals surface area contributed by atoms with Crippen LogP contribution in [0.4, 0.5) is 0 Å². The summed E-state index contributed by atoms with van der Waals surface area (Å²) in [4.78, 5) is 30.4. The monoisotopic (exact) mass is 316 g/mol. The molecule has 0 radical (unpaired) electrons. The zero-order valence-electron chi connectivity index (χ0n) is 13.2. The molecule has 0 aromatic rings. The summed E-state index contributed by atoms with van der Waals surface area (Å²) in [5.41, 5.74) is 0. The van der Waals surface area contributed by atoms with Gasteiger partial charge in [0.1, 0.15) is 0 Å². The van der Waals surface area contributed by atoms with Crippen LogP contribution in [0.15, 0.2) is 0 Å². The number of hydrogen-bond acceptors (Lipinski definition) is 4. The van der Waals surface area contributed by atoms with Gasteiger partial charge in [0, 0.05) is 6.61 Å². The van der Waals surface area contributed by atoms with E-state index in [1.165, 1.54) is 38.5 Å². The Bertz CT molecular complexity index is 159. The van der Waals surface area contributed by atoms with Crippen molar-refractivity contribution in [1.82, 2.24) is 0 Å². The van der Waals surface area contributed by atoms with Gasteiger partial charge in [-0.2, -0.15) is 0 Å². The molecule has 0 aliphatic heterocycles. The van der Waals surface area contributed by atoms with Crippen LogP contribution < -0.4 is 103 Å². The second-order valence-electron chi connectivity index (χ2n) is 4.18. The zero-order valence-corrected chi connectivity index (χ0v) is 20.2. The maximum Gasteiger partial charge on any atom is 1.00 e. The Labute approximate surface area is 185 Å². The predicted molar refractivity (Wildman–Crippen MR) is 58.9 cm³/mol. The minimum Gasteiger partial charge on any atom is -0.861 e. The molecule has 0 heterocycles. The van der Waals surface area contributed by atoms with Gasteiger partial charge in [-0.05, 0) is 6.42 Å². The molecular formula is C11H23Na3O4Si. The van der Waals surface area contributed by atoms with Crippen LogP contribution in [0.2, 0.25) is 0 Å². The van der Waals surface area contributed by atoms with Gasteiger partial charge in [0.25, 0.3) is 0 Å². The molecule has 0 unspecified atom stereocenters. The van der Waals surface area contributed by atoms with Crippen LogP contribution in [-0.4, -0.2) is 15.7 Å². The van der Waals surface area contributed by atoms with Crippen LogP contribution in [0.3, 0.4) is 0 Å². The van der Waals surface area contributed by atoms with E-state index in [1.807, 2.05) is 0 Å². The molecule has 19 heavy (non-hydrogen) atoms. The van der Waals surface area contributed by atoms with Crippen molar-refractivity contribution in [3.8, 4) is 0 Å². The van der Waals surface area contributed by atoms with Gasteiger partial charge in [-0.1, -0.05) is 58.3 Å². The summed E-state index contributed by atoms with van der Waals surface area (Å²) in [6, 6.07) is 0. The fourth-order valence-corrected chi connectivity index (χ4v) is 2.00. The van der Waals surface area contributed by atoms with Crippen LogP contribution in [0.1, 0.15) is 64.7 Å². The van der Waals surface area contributed by atoms with Crippen molar-refractivity contribution in [2.45, 2.75) is 64.7 Å². The van der Waals surface area contributed by atoms with Gasteiger partial charge >= 0.3 is 88.7 Å². The molecule has 98 valence electrons. The number of hydrogen-bond donors (Lipinski definition) is 0. The molecule has 0 spiro atoms. The Balaban J connectivity index is -0.000000375. The summed E-state index contributed by atoms with van der Waals surface area (Å²) >= 11 is 0. The first-order valence-electron chi connectivity index (χ1n) is 6.31. The minimum absolute atomic E-state index is 0. The van der Waals surface area contributed by atoms with E-state index >= 15 is 0 Å². The van der Waals surface area contributed by atoms with Crippen molar-refractivity contribution >= 4 is 9.05 Å². The number of unbranched alkanes of at least 4 members (excludes halogenated alkanes) is 8. The Morgan fingerprint density at radius 1 is 0.684 bits per heavy atom. The van der Waals surface area contributed by atoms with Crippen LogP contribution in [-0.2, 0) is 4.43 Å². The van der Waals surface area contributed by atoms with Crippen LogP contribution in [0.25, 0.3) is 0 Å². The van der Waals surface area contributed by atoms with Crippen molar-refractivity contribution in [3.63, 3.8) is 0 Å². The van der Waals surface area contributed by atoms with Gasteiger partial charge in [-0.25, -0.2) is 0 Å². The first kappa shape index (κ1) is 30.0. The first-order chi connectivity index (χ1) is 7.56. The second kappa shape index (κ2) is 21.1. The molecule has 0 aliphatic rings. The molecule has 0 atom stereocenters. The van der Waals surface area contributed by atoms with E-state index in [1.54, 1.807) is 0 Å². The van der Waals surface area contributed by atoms with Gasteiger partial charge < -0.3 is 18.8 Å². The Hall–Kier alpha value is 3.06. The molecule has 0 aromatic heterocycles. The van der Waals surface area contributed by atoms with E-state index in [9.17, 15) is 14.4 Å². The van der Waals surface area contributed by atoms with Gasteiger partial charge in [0.15, 0.2) is 0 Å². The number of rotatable bonds is 11. The SMILES string of the molecule is CCCCCCCCCCCO[Si]([O-])([O-])[O-].[Na+].[Na+].[Na+]. The average molecular weight is 316 g/mol. The molecule has 4 nitrogen and oxygen atoms in total. The summed E-state index contributed by atoms with van der Waals surface area (Å²) < 4.78 is 4.16. The Morgan fingerprint density at radius 2 is 1.05 bits per heavy atom. The molecular weight excluding hydrogens is 293 g/mol. The quantitative estimate of drug-likeness (QED) is 0.280. The molecule has 0 amide bonds. The topological polar surface area (TPSA) is 78.4 Å². The third kappa shape index (κ3) is 29.7. The molecule has 0 N–H and O–H groups in total. The van der Waals surface area contributed by atoms with E-state index in [2.05, 4.69) is 11.3 Å². The Kier molecular flexibility index (Phi) is 33.2. The second-order valence-corrected chi connectivity index (χ2v) is 5.47. The van der Waals surface area contributed by atoms with Crippen LogP contribution in [0, 0.1) is 0 Å². The average Bonchev–Trinajstić information content (AvgIpc) is 2.19. The van der Waals surface area contributed by atoms with E-state index in [0.717, 1.165) is 12.8 Å². The summed E-state index contributed by atoms with van der Waals surface area (Å²) in [7, 11) is -5.00. The van der Waals surface area contributed by atoms with Gasteiger partial charge in [-0.3, -0.25) is 0 Å². The summed E-state index contributed by atoms with van der Waals surface area (Å²) in [6.07, 6.45) is 10.3. The summed E-state index contributed by atoms with van der Waals surface area (Å²) in [5.74, 6) is 0. The predicted octanol–water partition coefficient (Wildman–Crippen LogP) is -8.94. The van der Waals surface area contributed by atoms with Gasteiger partial charge in [0.05, 0.1) is 0 Å². The van der Waals surface area contributed by atoms with Crippen molar-refractivity contribution < 1.29 is 107 Å². The molecule has 0 fully saturated rings. The van der Waals surface area contributed by atoms with Crippen molar-refractivity contribution in [2.75, 3.05) is 6.61 Å². The van der Waals surface area contributed by atoms with E-state index in [4.69, 9.17) is 0 Å².